The maximum absolute atomic E-state index is 11.6. The molecule has 0 amide bonds. The Bertz CT molecular complexity index is 412. The largest absolute Gasteiger partial charge is 0.375 e. The molecule has 0 aliphatic rings. The molecule has 4 nitrogen and oxygen atoms in total. The van der Waals surface area contributed by atoms with Crippen LogP contribution >= 0.6 is 11.6 Å². The zero-order valence-electron chi connectivity index (χ0n) is 11.7. The number of halogens is 1. The lowest BCUT2D eigenvalue weighted by Gasteiger charge is -2.19. The van der Waals surface area contributed by atoms with Crippen LogP contribution < -0.4 is 5.48 Å². The van der Waals surface area contributed by atoms with Gasteiger partial charge < -0.3 is 9.57 Å². The van der Waals surface area contributed by atoms with Crippen molar-refractivity contribution in [2.45, 2.75) is 26.9 Å². The number of ether oxygens (including phenoxy) is 1. The van der Waals surface area contributed by atoms with E-state index in [1.54, 1.807) is 40.0 Å². The molecule has 1 N–H and O–H groups in total. The fourth-order valence-corrected chi connectivity index (χ4v) is 1.48. The molecule has 0 saturated carbocycles. The molecular formula is C14H20ClNO3. The van der Waals surface area contributed by atoms with Crippen LogP contribution in [0, 0.1) is 5.41 Å². The summed E-state index contributed by atoms with van der Waals surface area (Å²) in [6.07, 6.45) is -0.204. The fourth-order valence-electron chi connectivity index (χ4n) is 1.35. The third-order valence-corrected chi connectivity index (χ3v) is 2.82. The summed E-state index contributed by atoms with van der Waals surface area (Å²) < 4.78 is 5.35. The van der Waals surface area contributed by atoms with Crippen LogP contribution in [0.1, 0.15) is 32.4 Å². The number of hydroxylamine groups is 1. The Balaban J connectivity index is 2.50. The molecule has 106 valence electrons. The van der Waals surface area contributed by atoms with E-state index in [4.69, 9.17) is 21.2 Å². The van der Waals surface area contributed by atoms with Crippen LogP contribution in [0.3, 0.4) is 0 Å². The molecule has 1 aromatic rings. The van der Waals surface area contributed by atoms with Gasteiger partial charge in [0.1, 0.15) is 0 Å². The Labute approximate surface area is 119 Å². The second-order valence-electron chi connectivity index (χ2n) is 5.26. The first kappa shape index (κ1) is 16.0. The van der Waals surface area contributed by atoms with Crippen LogP contribution in [-0.4, -0.2) is 19.6 Å². The molecule has 0 heterocycles. The number of methoxy groups -OCH3 is 1. The highest BCUT2D eigenvalue weighted by Crippen LogP contribution is 2.19. The molecule has 0 saturated heterocycles. The summed E-state index contributed by atoms with van der Waals surface area (Å²) in [5, 5.41) is 0.672. The first-order valence-corrected chi connectivity index (χ1v) is 6.45. The average molecular weight is 286 g/mol. The number of rotatable bonds is 5. The van der Waals surface area contributed by atoms with E-state index in [0.717, 1.165) is 5.56 Å². The molecule has 19 heavy (non-hydrogen) atoms. The van der Waals surface area contributed by atoms with Gasteiger partial charge in [0.05, 0.1) is 18.1 Å². The summed E-state index contributed by atoms with van der Waals surface area (Å²) in [5.41, 5.74) is 3.08. The van der Waals surface area contributed by atoms with E-state index in [-0.39, 0.29) is 12.1 Å². The standard InChI is InChI=1S/C14H20ClNO3/c1-14(2,3)13(17)19-16-9-12(18-4)10-5-7-11(15)8-6-10/h5-8,12,16H,9H2,1-4H3. The number of hydrogen-bond donors (Lipinski definition) is 1. The Morgan fingerprint density at radius 1 is 1.32 bits per heavy atom. The number of nitrogens with one attached hydrogen (secondary N) is 1. The summed E-state index contributed by atoms with van der Waals surface area (Å²) in [6, 6.07) is 7.35. The molecule has 1 atom stereocenters. The van der Waals surface area contributed by atoms with Crippen LogP contribution in [0.25, 0.3) is 0 Å². The zero-order chi connectivity index (χ0) is 14.5. The molecule has 1 aromatic carbocycles. The molecule has 1 rings (SSSR count). The number of carbonyl (C=O) groups is 1. The smallest absolute Gasteiger partial charge is 0.329 e. The molecule has 5 heteroatoms. The van der Waals surface area contributed by atoms with Gasteiger partial charge in [-0.15, -0.1) is 0 Å². The highest BCUT2D eigenvalue weighted by Gasteiger charge is 2.23. The third kappa shape index (κ3) is 5.19. The minimum absolute atomic E-state index is 0.204. The Kier molecular flexibility index (Phi) is 5.79. The maximum atomic E-state index is 11.6. The van der Waals surface area contributed by atoms with Gasteiger partial charge in [-0.3, -0.25) is 0 Å². The van der Waals surface area contributed by atoms with Crippen LogP contribution in [0.5, 0.6) is 0 Å². The molecule has 0 aliphatic carbocycles. The fraction of sp³-hybridized carbons (Fsp3) is 0.500. The van der Waals surface area contributed by atoms with Gasteiger partial charge in [-0.2, -0.15) is 5.48 Å². The predicted molar refractivity (Wildman–Crippen MR) is 74.8 cm³/mol. The predicted octanol–water partition coefficient (Wildman–Crippen LogP) is 3.12. The molecule has 0 bridgehead atoms. The summed E-state index contributed by atoms with van der Waals surface area (Å²) in [4.78, 5) is 16.6. The van der Waals surface area contributed by atoms with Gasteiger partial charge in [0, 0.05) is 12.1 Å². The summed E-state index contributed by atoms with van der Waals surface area (Å²) in [5.74, 6) is -0.307. The highest BCUT2D eigenvalue weighted by molar-refractivity contribution is 6.30. The Morgan fingerprint density at radius 2 is 1.89 bits per heavy atom. The van der Waals surface area contributed by atoms with Gasteiger partial charge in [0.2, 0.25) is 0 Å². The first-order chi connectivity index (χ1) is 8.84. The van der Waals surface area contributed by atoms with E-state index in [1.807, 2.05) is 12.1 Å². The lowest BCUT2D eigenvalue weighted by Crippen LogP contribution is -2.32. The van der Waals surface area contributed by atoms with E-state index < -0.39 is 5.41 Å². The van der Waals surface area contributed by atoms with E-state index in [0.29, 0.717) is 11.6 Å². The number of hydrogen-bond acceptors (Lipinski definition) is 4. The average Bonchev–Trinajstić information content (AvgIpc) is 2.34. The summed E-state index contributed by atoms with van der Waals surface area (Å²) in [6.45, 7) is 5.76. The van der Waals surface area contributed by atoms with Crippen molar-refractivity contribution in [2.75, 3.05) is 13.7 Å². The molecular weight excluding hydrogens is 266 g/mol. The summed E-state index contributed by atoms with van der Waals surface area (Å²) in [7, 11) is 1.60. The lowest BCUT2D eigenvalue weighted by molar-refractivity contribution is -0.162. The minimum Gasteiger partial charge on any atom is -0.375 e. The van der Waals surface area contributed by atoms with Crippen LogP contribution in [0.15, 0.2) is 24.3 Å². The molecule has 0 radical (unpaired) electrons. The van der Waals surface area contributed by atoms with E-state index in [1.165, 1.54) is 0 Å². The summed E-state index contributed by atoms with van der Waals surface area (Å²) >= 11 is 5.83. The molecule has 0 aliphatic heterocycles. The van der Waals surface area contributed by atoms with E-state index >= 15 is 0 Å². The monoisotopic (exact) mass is 285 g/mol. The van der Waals surface area contributed by atoms with Crippen molar-refractivity contribution in [2.24, 2.45) is 5.41 Å². The van der Waals surface area contributed by atoms with Crippen LogP contribution in [-0.2, 0) is 14.4 Å². The first-order valence-electron chi connectivity index (χ1n) is 6.07. The van der Waals surface area contributed by atoms with Crippen LogP contribution in [0.4, 0.5) is 0 Å². The van der Waals surface area contributed by atoms with Crippen molar-refractivity contribution < 1.29 is 14.4 Å². The van der Waals surface area contributed by atoms with Crippen molar-refractivity contribution in [1.29, 1.82) is 0 Å². The van der Waals surface area contributed by atoms with Crippen molar-refractivity contribution in [1.82, 2.24) is 5.48 Å². The van der Waals surface area contributed by atoms with Gasteiger partial charge in [-0.25, -0.2) is 4.79 Å². The highest BCUT2D eigenvalue weighted by atomic mass is 35.5. The number of carbonyl (C=O) groups excluding carboxylic acids is 1. The van der Waals surface area contributed by atoms with Gasteiger partial charge in [0.15, 0.2) is 0 Å². The van der Waals surface area contributed by atoms with Crippen LogP contribution in [0.2, 0.25) is 5.02 Å². The normalized spacial score (nSPS) is 13.1. The second-order valence-corrected chi connectivity index (χ2v) is 5.70. The second kappa shape index (κ2) is 6.89. The van der Waals surface area contributed by atoms with Gasteiger partial charge in [-0.1, -0.05) is 23.7 Å². The molecule has 0 spiro atoms. The van der Waals surface area contributed by atoms with Crippen molar-refractivity contribution in [3.63, 3.8) is 0 Å². The number of benzene rings is 1. The maximum Gasteiger partial charge on any atom is 0.329 e. The lowest BCUT2D eigenvalue weighted by atomic mass is 9.98. The Hall–Kier alpha value is -1.10. The van der Waals surface area contributed by atoms with Crippen molar-refractivity contribution >= 4 is 17.6 Å². The minimum atomic E-state index is -0.532. The topological polar surface area (TPSA) is 47.6 Å². The van der Waals surface area contributed by atoms with E-state index in [2.05, 4.69) is 5.48 Å². The third-order valence-electron chi connectivity index (χ3n) is 2.57. The van der Waals surface area contributed by atoms with Crippen molar-refractivity contribution in [3.05, 3.63) is 34.9 Å². The van der Waals surface area contributed by atoms with Gasteiger partial charge in [-0.05, 0) is 38.5 Å². The molecule has 1 unspecified atom stereocenters. The SMILES string of the molecule is COC(CNOC(=O)C(C)(C)C)c1ccc(Cl)cc1. The van der Waals surface area contributed by atoms with Crippen molar-refractivity contribution in [3.8, 4) is 0 Å². The molecule has 0 aromatic heterocycles. The molecule has 0 fully saturated rings. The van der Waals surface area contributed by atoms with Gasteiger partial charge >= 0.3 is 5.97 Å². The zero-order valence-corrected chi connectivity index (χ0v) is 12.5. The van der Waals surface area contributed by atoms with E-state index in [9.17, 15) is 4.79 Å². The van der Waals surface area contributed by atoms with Gasteiger partial charge in [0.25, 0.3) is 0 Å². The Morgan fingerprint density at radius 3 is 2.37 bits per heavy atom. The quantitative estimate of drug-likeness (QED) is 0.845.